The van der Waals surface area contributed by atoms with E-state index >= 15 is 0 Å². The third kappa shape index (κ3) is 4.30. The van der Waals surface area contributed by atoms with Crippen LogP contribution in [0.4, 0.5) is 0 Å². The minimum atomic E-state index is 0.519. The van der Waals surface area contributed by atoms with Gasteiger partial charge in [-0.3, -0.25) is 0 Å². The molecule has 3 heteroatoms. The van der Waals surface area contributed by atoms with Crippen molar-refractivity contribution in [3.8, 4) is 0 Å². The van der Waals surface area contributed by atoms with E-state index in [9.17, 15) is 0 Å². The molecule has 8 heavy (non-hydrogen) atoms. The first kappa shape index (κ1) is 8.14. The van der Waals surface area contributed by atoms with Gasteiger partial charge < -0.3 is 11.5 Å². The van der Waals surface area contributed by atoms with E-state index in [4.69, 9.17) is 11.5 Å². The van der Waals surface area contributed by atoms with Crippen molar-refractivity contribution in [3.63, 3.8) is 0 Å². The molecule has 0 bridgehead atoms. The molecule has 0 aromatic carbocycles. The first-order chi connectivity index (χ1) is 3.81. The van der Waals surface area contributed by atoms with Crippen molar-refractivity contribution in [3.05, 3.63) is 0 Å². The maximum absolute atomic E-state index is 5.29. The summed E-state index contributed by atoms with van der Waals surface area (Å²) in [5.41, 5.74) is 11.1. The molecule has 0 amide bonds. The fourth-order valence-corrected chi connectivity index (χ4v) is 0.880. The van der Waals surface area contributed by atoms with Crippen LogP contribution in [0.5, 0.6) is 0 Å². The Kier molecular flexibility index (Phi) is 5.37. The van der Waals surface area contributed by atoms with E-state index in [0.717, 1.165) is 25.9 Å². The summed E-state index contributed by atoms with van der Waals surface area (Å²) < 4.78 is 0. The van der Waals surface area contributed by atoms with Crippen molar-refractivity contribution >= 4 is 10.2 Å². The van der Waals surface area contributed by atoms with E-state index in [0.29, 0.717) is 5.54 Å². The monoisotopic (exact) mass is 129 g/mol. The Morgan fingerprint density at radius 1 is 1.12 bits per heavy atom. The van der Waals surface area contributed by atoms with Crippen molar-refractivity contribution in [2.24, 2.45) is 11.5 Å². The lowest BCUT2D eigenvalue weighted by molar-refractivity contribution is 0.693. The molecule has 0 aliphatic rings. The van der Waals surface area contributed by atoms with E-state index < -0.39 is 0 Å². The van der Waals surface area contributed by atoms with E-state index in [2.05, 4.69) is 10.2 Å². The summed E-state index contributed by atoms with van der Waals surface area (Å²) in [7, 11) is 3.48. The fraction of sp³-hybridized carbons (Fsp3) is 1.00. The summed E-state index contributed by atoms with van der Waals surface area (Å²) in [6.45, 7) is 1.49. The number of hydrogen-bond acceptors (Lipinski definition) is 2. The highest BCUT2D eigenvalue weighted by Crippen LogP contribution is 2.06. The zero-order valence-electron chi connectivity index (χ0n) is 5.06. The van der Waals surface area contributed by atoms with Gasteiger partial charge in [0.15, 0.2) is 0 Å². The van der Waals surface area contributed by atoms with Crippen molar-refractivity contribution in [1.82, 2.24) is 0 Å². The Morgan fingerprint density at radius 3 is 1.75 bits per heavy atom. The van der Waals surface area contributed by atoms with Gasteiger partial charge in [0.1, 0.15) is 0 Å². The summed E-state index contributed by atoms with van der Waals surface area (Å²) in [4.78, 5) is 0. The molecule has 0 aliphatic heterocycles. The molecule has 0 atom stereocenters. The van der Waals surface area contributed by atoms with Gasteiger partial charge in [-0.05, 0) is 31.5 Å². The number of hydrogen-bond donors (Lipinski definition) is 2. The lowest BCUT2D eigenvalue weighted by Crippen LogP contribution is -2.08. The predicted molar refractivity (Wildman–Crippen MR) is 36.8 cm³/mol. The Labute approximate surface area is 54.0 Å². The molecule has 3 radical (unpaired) electrons. The van der Waals surface area contributed by atoms with Crippen LogP contribution in [0.25, 0.3) is 0 Å². The minimum absolute atomic E-state index is 0.519. The van der Waals surface area contributed by atoms with Crippen LogP contribution in [-0.2, 0) is 0 Å². The van der Waals surface area contributed by atoms with Crippen LogP contribution < -0.4 is 11.5 Å². The van der Waals surface area contributed by atoms with Gasteiger partial charge in [-0.1, -0.05) is 0 Å². The largest absolute Gasteiger partial charge is 0.330 e. The second-order valence-electron chi connectivity index (χ2n) is 1.85. The average Bonchev–Trinajstić information content (AvgIpc) is 1.68. The van der Waals surface area contributed by atoms with Crippen molar-refractivity contribution in [2.45, 2.75) is 18.4 Å². The molecule has 0 rings (SSSR count). The van der Waals surface area contributed by atoms with Gasteiger partial charge in [-0.25, -0.2) is 0 Å². The SMILES string of the molecule is NCCC([Si])CCN. The molecule has 47 valence electrons. The molecule has 0 saturated carbocycles. The number of nitrogens with two attached hydrogens (primary N) is 2. The molecular weight excluding hydrogens is 116 g/mol. The standard InChI is InChI=1S/C5H13N2Si/c6-3-1-5(8)2-4-7/h5H,1-4,6-7H2. The second-order valence-corrected chi connectivity index (χ2v) is 2.67. The molecule has 0 spiro atoms. The quantitative estimate of drug-likeness (QED) is 0.509. The summed E-state index contributed by atoms with van der Waals surface area (Å²) >= 11 is 0. The molecule has 0 aliphatic carbocycles. The molecule has 0 aromatic heterocycles. The minimum Gasteiger partial charge on any atom is -0.330 e. The molecule has 4 N–H and O–H groups in total. The van der Waals surface area contributed by atoms with Gasteiger partial charge >= 0.3 is 0 Å². The normalized spacial score (nSPS) is 10.5. The van der Waals surface area contributed by atoms with Gasteiger partial charge in [-0.15, -0.1) is 0 Å². The van der Waals surface area contributed by atoms with Gasteiger partial charge in [0.05, 0.1) is 0 Å². The van der Waals surface area contributed by atoms with E-state index in [1.807, 2.05) is 0 Å². The van der Waals surface area contributed by atoms with Crippen molar-refractivity contribution in [1.29, 1.82) is 0 Å². The molecule has 2 nitrogen and oxygen atoms in total. The summed E-state index contributed by atoms with van der Waals surface area (Å²) in [5, 5.41) is 0. The highest BCUT2D eigenvalue weighted by Gasteiger charge is 1.96. The molecule has 0 fully saturated rings. The Morgan fingerprint density at radius 2 is 1.50 bits per heavy atom. The Balaban J connectivity index is 2.92. The van der Waals surface area contributed by atoms with E-state index in [-0.39, 0.29) is 0 Å². The van der Waals surface area contributed by atoms with Gasteiger partial charge in [0, 0.05) is 10.2 Å². The average molecular weight is 129 g/mol. The molecule has 0 unspecified atom stereocenters. The third-order valence-corrected chi connectivity index (χ3v) is 1.61. The maximum Gasteiger partial charge on any atom is 0.0267 e. The summed E-state index contributed by atoms with van der Waals surface area (Å²) in [6, 6.07) is 0. The van der Waals surface area contributed by atoms with Gasteiger partial charge in [-0.2, -0.15) is 0 Å². The summed E-state index contributed by atoms with van der Waals surface area (Å²) in [6.07, 6.45) is 2.04. The van der Waals surface area contributed by atoms with Crippen LogP contribution >= 0.6 is 0 Å². The van der Waals surface area contributed by atoms with E-state index in [1.54, 1.807) is 0 Å². The lowest BCUT2D eigenvalue weighted by atomic mass is 10.2. The predicted octanol–water partition coefficient (Wildman–Crippen LogP) is -0.359. The lowest BCUT2D eigenvalue weighted by Gasteiger charge is -2.05. The third-order valence-electron chi connectivity index (χ3n) is 1.03. The molecule has 0 saturated heterocycles. The highest BCUT2D eigenvalue weighted by atomic mass is 28.1. The Bertz CT molecular complexity index is 43.7. The van der Waals surface area contributed by atoms with Crippen LogP contribution in [0, 0.1) is 0 Å². The smallest absolute Gasteiger partial charge is 0.0267 e. The fourth-order valence-electron chi connectivity index (χ4n) is 0.547. The van der Waals surface area contributed by atoms with Crippen LogP contribution in [0.15, 0.2) is 0 Å². The first-order valence-corrected chi connectivity index (χ1v) is 3.50. The van der Waals surface area contributed by atoms with Crippen molar-refractivity contribution in [2.75, 3.05) is 13.1 Å². The zero-order chi connectivity index (χ0) is 6.41. The Hall–Kier alpha value is 0.137. The van der Waals surface area contributed by atoms with Crippen LogP contribution in [0.1, 0.15) is 12.8 Å². The highest BCUT2D eigenvalue weighted by molar-refractivity contribution is 6.11. The molecular formula is C5H13N2Si. The topological polar surface area (TPSA) is 52.0 Å². The van der Waals surface area contributed by atoms with E-state index in [1.165, 1.54) is 0 Å². The second kappa shape index (κ2) is 5.28. The zero-order valence-corrected chi connectivity index (χ0v) is 6.06. The van der Waals surface area contributed by atoms with Crippen molar-refractivity contribution < 1.29 is 0 Å². The maximum atomic E-state index is 5.29. The number of rotatable bonds is 4. The van der Waals surface area contributed by atoms with Crippen LogP contribution in [-0.4, -0.2) is 23.3 Å². The van der Waals surface area contributed by atoms with Crippen LogP contribution in [0.3, 0.4) is 0 Å². The first-order valence-electron chi connectivity index (χ1n) is 2.92. The van der Waals surface area contributed by atoms with Gasteiger partial charge in [0.2, 0.25) is 0 Å². The molecule has 0 heterocycles. The molecule has 0 aromatic rings. The van der Waals surface area contributed by atoms with Crippen LogP contribution in [0.2, 0.25) is 5.54 Å². The summed E-state index contributed by atoms with van der Waals surface area (Å²) in [5.74, 6) is 0. The van der Waals surface area contributed by atoms with Gasteiger partial charge in [0.25, 0.3) is 0 Å².